The first-order valence-corrected chi connectivity index (χ1v) is 6.48. The third-order valence-corrected chi connectivity index (χ3v) is 3.70. The highest BCUT2D eigenvalue weighted by atomic mass is 32.1. The van der Waals surface area contributed by atoms with Crippen molar-refractivity contribution in [2.45, 2.75) is 45.3 Å². The lowest BCUT2D eigenvalue weighted by atomic mass is 9.84. The molecule has 0 N–H and O–H groups in total. The van der Waals surface area contributed by atoms with E-state index in [1.807, 2.05) is 13.8 Å². The van der Waals surface area contributed by atoms with Gasteiger partial charge in [-0.15, -0.1) is 12.6 Å². The van der Waals surface area contributed by atoms with Gasteiger partial charge in [-0.2, -0.15) is 0 Å². The summed E-state index contributed by atoms with van der Waals surface area (Å²) < 4.78 is 15.8. The average molecular weight is 276 g/mol. The molecule has 0 aromatic rings. The maximum Gasteiger partial charge on any atom is 0.303 e. The van der Waals surface area contributed by atoms with Gasteiger partial charge in [0.05, 0.1) is 6.10 Å². The summed E-state index contributed by atoms with van der Waals surface area (Å²) >= 11 is 4.29. The zero-order chi connectivity index (χ0) is 13.9. The first-order valence-electron chi connectivity index (χ1n) is 5.97. The molecule has 0 bridgehead atoms. The lowest BCUT2D eigenvalue weighted by Crippen LogP contribution is -2.50. The summed E-state index contributed by atoms with van der Waals surface area (Å²) in [6, 6.07) is 0. The fourth-order valence-corrected chi connectivity index (χ4v) is 2.51. The van der Waals surface area contributed by atoms with Crippen molar-refractivity contribution in [1.29, 1.82) is 0 Å². The number of hydrogen-bond donors (Lipinski definition) is 1. The number of hydrogen-bond acceptors (Lipinski definition) is 6. The van der Waals surface area contributed by atoms with Gasteiger partial charge in [0.1, 0.15) is 18.1 Å². The summed E-state index contributed by atoms with van der Waals surface area (Å²) in [6.07, 6.45) is -0.604. The van der Waals surface area contributed by atoms with Gasteiger partial charge in [0.15, 0.2) is 0 Å². The normalized spacial score (nSPS) is 35.9. The number of esters is 2. The molecule has 1 rings (SSSR count). The summed E-state index contributed by atoms with van der Waals surface area (Å²) in [7, 11) is 0. The van der Waals surface area contributed by atoms with E-state index in [2.05, 4.69) is 12.6 Å². The minimum atomic E-state index is -0.499. The second-order valence-electron chi connectivity index (χ2n) is 4.66. The Balaban J connectivity index is 2.64. The molecule has 5 unspecified atom stereocenters. The Morgan fingerprint density at radius 3 is 2.28 bits per heavy atom. The Morgan fingerprint density at radius 2 is 1.78 bits per heavy atom. The van der Waals surface area contributed by atoms with Gasteiger partial charge < -0.3 is 14.2 Å². The number of thiol groups is 1. The van der Waals surface area contributed by atoms with Crippen LogP contribution in [0.5, 0.6) is 0 Å². The van der Waals surface area contributed by atoms with Crippen LogP contribution >= 0.6 is 12.6 Å². The predicted octanol–water partition coefficient (Wildman–Crippen LogP) is 1.41. The molecule has 0 aliphatic carbocycles. The van der Waals surface area contributed by atoms with Crippen LogP contribution in [0.2, 0.25) is 0 Å². The molecule has 18 heavy (non-hydrogen) atoms. The Bertz CT molecular complexity index is 318. The second-order valence-corrected chi connectivity index (χ2v) is 5.17. The SMILES string of the molecule is CC(=O)OCC1OC(S)C(OC(C)=O)C(C)C1C. The molecule has 1 heterocycles. The molecule has 6 heteroatoms. The van der Waals surface area contributed by atoms with E-state index >= 15 is 0 Å². The van der Waals surface area contributed by atoms with Crippen LogP contribution in [0.25, 0.3) is 0 Å². The molecule has 0 spiro atoms. The first-order chi connectivity index (χ1) is 8.32. The maximum absolute atomic E-state index is 11.0. The molecular weight excluding hydrogens is 256 g/mol. The predicted molar refractivity (Wildman–Crippen MR) is 68.2 cm³/mol. The summed E-state index contributed by atoms with van der Waals surface area (Å²) in [4.78, 5) is 21.8. The van der Waals surface area contributed by atoms with E-state index in [1.165, 1.54) is 13.8 Å². The van der Waals surface area contributed by atoms with Crippen LogP contribution in [0.3, 0.4) is 0 Å². The highest BCUT2D eigenvalue weighted by Gasteiger charge is 2.42. The van der Waals surface area contributed by atoms with E-state index in [4.69, 9.17) is 14.2 Å². The lowest BCUT2D eigenvalue weighted by molar-refractivity contribution is -0.184. The van der Waals surface area contributed by atoms with Gasteiger partial charge in [0.25, 0.3) is 0 Å². The molecule has 0 radical (unpaired) electrons. The molecule has 0 saturated carbocycles. The molecule has 5 atom stereocenters. The number of carbonyl (C=O) groups is 2. The van der Waals surface area contributed by atoms with E-state index in [9.17, 15) is 9.59 Å². The van der Waals surface area contributed by atoms with Crippen LogP contribution in [0.4, 0.5) is 0 Å². The molecule has 1 aliphatic rings. The maximum atomic E-state index is 11.0. The van der Waals surface area contributed by atoms with Gasteiger partial charge in [-0.25, -0.2) is 0 Å². The van der Waals surface area contributed by atoms with Crippen LogP contribution in [0, 0.1) is 11.8 Å². The van der Waals surface area contributed by atoms with E-state index < -0.39 is 5.44 Å². The monoisotopic (exact) mass is 276 g/mol. The van der Waals surface area contributed by atoms with Gasteiger partial charge in [0, 0.05) is 19.8 Å². The fourth-order valence-electron chi connectivity index (χ4n) is 2.03. The molecule has 1 aliphatic heterocycles. The van der Waals surface area contributed by atoms with Crippen LogP contribution in [-0.4, -0.2) is 36.2 Å². The molecule has 104 valence electrons. The van der Waals surface area contributed by atoms with Crippen molar-refractivity contribution < 1.29 is 23.8 Å². The van der Waals surface area contributed by atoms with Crippen molar-refractivity contribution in [3.8, 4) is 0 Å². The Hall–Kier alpha value is -0.750. The van der Waals surface area contributed by atoms with Gasteiger partial charge in [0.2, 0.25) is 0 Å². The quantitative estimate of drug-likeness (QED) is 0.624. The number of ether oxygens (including phenoxy) is 3. The van der Waals surface area contributed by atoms with E-state index in [-0.39, 0.29) is 42.6 Å². The average Bonchev–Trinajstić information content (AvgIpc) is 2.27. The van der Waals surface area contributed by atoms with Crippen LogP contribution < -0.4 is 0 Å². The van der Waals surface area contributed by atoms with Crippen molar-refractivity contribution >= 4 is 24.6 Å². The summed E-state index contributed by atoms with van der Waals surface area (Å²) in [5, 5.41) is 0. The molecule has 0 amide bonds. The highest BCUT2D eigenvalue weighted by molar-refractivity contribution is 7.80. The standard InChI is InChI=1S/C12H20O5S/c1-6-7(2)11(16-9(4)14)12(18)17-10(6)5-15-8(3)13/h6-7,10-12,18H,5H2,1-4H3. The Kier molecular flexibility index (Phi) is 5.47. The molecule has 0 aromatic carbocycles. The van der Waals surface area contributed by atoms with Crippen molar-refractivity contribution in [2.75, 3.05) is 6.61 Å². The molecule has 0 aromatic heterocycles. The molecule has 5 nitrogen and oxygen atoms in total. The van der Waals surface area contributed by atoms with Crippen molar-refractivity contribution in [3.63, 3.8) is 0 Å². The number of carbonyl (C=O) groups excluding carboxylic acids is 2. The summed E-state index contributed by atoms with van der Waals surface area (Å²) in [5.41, 5.74) is -0.499. The van der Waals surface area contributed by atoms with E-state index in [0.717, 1.165) is 0 Å². The highest BCUT2D eigenvalue weighted by Crippen LogP contribution is 2.34. The van der Waals surface area contributed by atoms with Crippen molar-refractivity contribution in [3.05, 3.63) is 0 Å². The molecule has 1 saturated heterocycles. The van der Waals surface area contributed by atoms with E-state index in [1.54, 1.807) is 0 Å². The smallest absolute Gasteiger partial charge is 0.303 e. The summed E-state index contributed by atoms with van der Waals surface area (Å²) in [6.45, 7) is 6.88. The topological polar surface area (TPSA) is 61.8 Å². The Morgan fingerprint density at radius 1 is 1.17 bits per heavy atom. The Labute approximate surface area is 113 Å². The third kappa shape index (κ3) is 3.88. The molecule has 1 fully saturated rings. The third-order valence-electron chi connectivity index (χ3n) is 3.28. The van der Waals surface area contributed by atoms with E-state index in [0.29, 0.717) is 0 Å². The zero-order valence-corrected chi connectivity index (χ0v) is 12.0. The first kappa shape index (κ1) is 15.3. The van der Waals surface area contributed by atoms with Gasteiger partial charge in [-0.05, 0) is 5.92 Å². The minimum absolute atomic E-state index is 0.0886. The van der Waals surface area contributed by atoms with Gasteiger partial charge in [-0.3, -0.25) is 9.59 Å². The van der Waals surface area contributed by atoms with Crippen LogP contribution in [0.15, 0.2) is 0 Å². The fraction of sp³-hybridized carbons (Fsp3) is 0.833. The van der Waals surface area contributed by atoms with Crippen LogP contribution in [0.1, 0.15) is 27.7 Å². The minimum Gasteiger partial charge on any atom is -0.463 e. The van der Waals surface area contributed by atoms with Gasteiger partial charge in [-0.1, -0.05) is 13.8 Å². The largest absolute Gasteiger partial charge is 0.463 e. The van der Waals surface area contributed by atoms with Crippen molar-refractivity contribution in [1.82, 2.24) is 0 Å². The van der Waals surface area contributed by atoms with Crippen molar-refractivity contribution in [2.24, 2.45) is 11.8 Å². The zero-order valence-electron chi connectivity index (χ0n) is 11.1. The second kappa shape index (κ2) is 6.43. The number of rotatable bonds is 3. The summed E-state index contributed by atoms with van der Waals surface area (Å²) in [5.74, 6) is -0.487. The molecular formula is C12H20O5S. The lowest BCUT2D eigenvalue weighted by Gasteiger charge is -2.42. The van der Waals surface area contributed by atoms with Crippen LogP contribution in [-0.2, 0) is 23.8 Å². The van der Waals surface area contributed by atoms with Gasteiger partial charge >= 0.3 is 11.9 Å².